The number of benzene rings is 2. The Kier molecular flexibility index (Phi) is 2.86. The Bertz CT molecular complexity index is 587. The molecule has 0 atom stereocenters. The van der Waals surface area contributed by atoms with Crippen molar-refractivity contribution in [2.24, 2.45) is 0 Å². The van der Waals surface area contributed by atoms with Crippen molar-refractivity contribution in [2.45, 2.75) is 25.7 Å². The zero-order valence-electron chi connectivity index (χ0n) is 11.0. The van der Waals surface area contributed by atoms with Gasteiger partial charge in [-0.3, -0.25) is 0 Å². The molecule has 2 aromatic rings. The predicted octanol–water partition coefficient (Wildman–Crippen LogP) is 3.74. The SMILES string of the molecule is COc1cc2ccc3c(c2cc1OC)CCCC3. The molecule has 0 amide bonds. The summed E-state index contributed by atoms with van der Waals surface area (Å²) in [6, 6.07) is 8.66. The van der Waals surface area contributed by atoms with Gasteiger partial charge in [0.15, 0.2) is 11.5 Å². The van der Waals surface area contributed by atoms with E-state index >= 15 is 0 Å². The highest BCUT2D eigenvalue weighted by atomic mass is 16.5. The predicted molar refractivity (Wildman–Crippen MR) is 73.7 cm³/mol. The minimum absolute atomic E-state index is 0.806. The van der Waals surface area contributed by atoms with Crippen LogP contribution in [0.3, 0.4) is 0 Å². The molecule has 0 bridgehead atoms. The van der Waals surface area contributed by atoms with E-state index in [1.54, 1.807) is 14.2 Å². The molecule has 0 radical (unpaired) electrons. The number of hydrogen-bond donors (Lipinski definition) is 0. The maximum atomic E-state index is 5.41. The quantitative estimate of drug-likeness (QED) is 0.798. The van der Waals surface area contributed by atoms with Crippen molar-refractivity contribution in [2.75, 3.05) is 14.2 Å². The molecular formula is C16H18O2. The fraction of sp³-hybridized carbons (Fsp3) is 0.375. The molecule has 0 saturated heterocycles. The Morgan fingerprint density at radius 2 is 1.61 bits per heavy atom. The van der Waals surface area contributed by atoms with Crippen molar-refractivity contribution in [3.8, 4) is 11.5 Å². The third-order valence-electron chi connectivity index (χ3n) is 3.86. The van der Waals surface area contributed by atoms with Crippen LogP contribution in [0.2, 0.25) is 0 Å². The highest BCUT2D eigenvalue weighted by molar-refractivity contribution is 5.90. The molecule has 0 aromatic heterocycles. The van der Waals surface area contributed by atoms with Crippen molar-refractivity contribution < 1.29 is 9.47 Å². The summed E-state index contributed by atoms with van der Waals surface area (Å²) in [6.45, 7) is 0. The van der Waals surface area contributed by atoms with E-state index in [2.05, 4.69) is 24.3 Å². The van der Waals surface area contributed by atoms with Crippen LogP contribution in [0.4, 0.5) is 0 Å². The maximum Gasteiger partial charge on any atom is 0.161 e. The lowest BCUT2D eigenvalue weighted by atomic mass is 9.87. The number of hydrogen-bond acceptors (Lipinski definition) is 2. The molecule has 0 fully saturated rings. The lowest BCUT2D eigenvalue weighted by Crippen LogP contribution is -2.03. The first-order valence-electron chi connectivity index (χ1n) is 6.50. The van der Waals surface area contributed by atoms with Crippen LogP contribution in [0.15, 0.2) is 24.3 Å². The van der Waals surface area contributed by atoms with Gasteiger partial charge in [0.1, 0.15) is 0 Å². The second-order valence-electron chi connectivity index (χ2n) is 4.84. The molecule has 0 saturated carbocycles. The van der Waals surface area contributed by atoms with E-state index in [-0.39, 0.29) is 0 Å². The standard InChI is InChI=1S/C16H18O2/c1-17-15-9-12-8-7-11-5-3-4-6-13(11)14(12)10-16(15)18-2/h7-10H,3-6H2,1-2H3. The Labute approximate surface area is 108 Å². The highest BCUT2D eigenvalue weighted by Crippen LogP contribution is 2.36. The van der Waals surface area contributed by atoms with Gasteiger partial charge >= 0.3 is 0 Å². The van der Waals surface area contributed by atoms with E-state index in [4.69, 9.17) is 9.47 Å². The molecule has 0 unspecified atom stereocenters. The zero-order chi connectivity index (χ0) is 12.5. The van der Waals surface area contributed by atoms with Crippen molar-refractivity contribution in [1.29, 1.82) is 0 Å². The summed E-state index contributed by atoms with van der Waals surface area (Å²) >= 11 is 0. The normalized spacial score (nSPS) is 14.3. The van der Waals surface area contributed by atoms with Crippen LogP contribution in [-0.2, 0) is 12.8 Å². The molecule has 1 aliphatic rings. The summed E-state index contributed by atoms with van der Waals surface area (Å²) in [7, 11) is 3.38. The first-order chi connectivity index (χ1) is 8.83. The fourth-order valence-corrected chi connectivity index (χ4v) is 2.90. The first-order valence-corrected chi connectivity index (χ1v) is 6.50. The smallest absolute Gasteiger partial charge is 0.161 e. The van der Waals surface area contributed by atoms with E-state index in [1.807, 2.05) is 0 Å². The van der Waals surface area contributed by atoms with Gasteiger partial charge in [-0.15, -0.1) is 0 Å². The molecule has 94 valence electrons. The van der Waals surface area contributed by atoms with E-state index in [0.29, 0.717) is 0 Å². The molecule has 18 heavy (non-hydrogen) atoms. The molecule has 0 spiro atoms. The van der Waals surface area contributed by atoms with Crippen molar-refractivity contribution in [3.05, 3.63) is 35.4 Å². The van der Waals surface area contributed by atoms with Gasteiger partial charge in [-0.05, 0) is 59.7 Å². The van der Waals surface area contributed by atoms with Gasteiger partial charge in [-0.2, -0.15) is 0 Å². The summed E-state index contributed by atoms with van der Waals surface area (Å²) in [5.41, 5.74) is 3.00. The Morgan fingerprint density at radius 1 is 0.889 bits per heavy atom. The molecule has 3 rings (SSSR count). The third-order valence-corrected chi connectivity index (χ3v) is 3.86. The molecule has 2 aromatic carbocycles. The van der Waals surface area contributed by atoms with E-state index < -0.39 is 0 Å². The van der Waals surface area contributed by atoms with Gasteiger partial charge in [0.05, 0.1) is 14.2 Å². The molecule has 0 aliphatic heterocycles. The maximum absolute atomic E-state index is 5.41. The summed E-state index contributed by atoms with van der Waals surface area (Å²) in [5.74, 6) is 1.63. The Morgan fingerprint density at radius 3 is 2.39 bits per heavy atom. The monoisotopic (exact) mass is 242 g/mol. The van der Waals surface area contributed by atoms with Crippen LogP contribution in [0.1, 0.15) is 24.0 Å². The van der Waals surface area contributed by atoms with Gasteiger partial charge in [-0.25, -0.2) is 0 Å². The first kappa shape index (κ1) is 11.4. The summed E-state index contributed by atoms with van der Waals surface area (Å²) in [6.07, 6.45) is 4.99. The molecule has 0 heterocycles. The number of fused-ring (bicyclic) bond motifs is 3. The number of ether oxygens (including phenoxy) is 2. The van der Waals surface area contributed by atoms with Crippen molar-refractivity contribution >= 4 is 10.8 Å². The van der Waals surface area contributed by atoms with Crippen LogP contribution in [-0.4, -0.2) is 14.2 Å². The molecule has 1 aliphatic carbocycles. The van der Waals surface area contributed by atoms with Crippen molar-refractivity contribution in [3.63, 3.8) is 0 Å². The Hall–Kier alpha value is -1.70. The molecule has 2 nitrogen and oxygen atoms in total. The van der Waals surface area contributed by atoms with E-state index in [0.717, 1.165) is 11.5 Å². The largest absolute Gasteiger partial charge is 0.493 e. The van der Waals surface area contributed by atoms with Crippen molar-refractivity contribution in [1.82, 2.24) is 0 Å². The van der Waals surface area contributed by atoms with Gasteiger partial charge in [0, 0.05) is 0 Å². The highest BCUT2D eigenvalue weighted by Gasteiger charge is 2.14. The van der Waals surface area contributed by atoms with Gasteiger partial charge in [0.2, 0.25) is 0 Å². The summed E-state index contributed by atoms with van der Waals surface area (Å²) < 4.78 is 10.8. The fourth-order valence-electron chi connectivity index (χ4n) is 2.90. The van der Waals surface area contributed by atoms with Crippen LogP contribution < -0.4 is 9.47 Å². The number of aryl methyl sites for hydroxylation is 2. The lowest BCUT2D eigenvalue weighted by Gasteiger charge is -2.19. The number of methoxy groups -OCH3 is 2. The third kappa shape index (κ3) is 1.72. The summed E-state index contributed by atoms with van der Waals surface area (Å²) in [5, 5.41) is 2.57. The Balaban J connectivity index is 2.27. The van der Waals surface area contributed by atoms with Gasteiger partial charge in [-0.1, -0.05) is 12.1 Å². The van der Waals surface area contributed by atoms with Crippen LogP contribution >= 0.6 is 0 Å². The van der Waals surface area contributed by atoms with E-state index in [1.165, 1.54) is 47.6 Å². The van der Waals surface area contributed by atoms with Gasteiger partial charge < -0.3 is 9.47 Å². The second-order valence-corrected chi connectivity index (χ2v) is 4.84. The topological polar surface area (TPSA) is 18.5 Å². The average Bonchev–Trinajstić information content (AvgIpc) is 2.45. The molecule has 0 N–H and O–H groups in total. The van der Waals surface area contributed by atoms with Crippen LogP contribution in [0.25, 0.3) is 10.8 Å². The second kappa shape index (κ2) is 4.52. The average molecular weight is 242 g/mol. The van der Waals surface area contributed by atoms with E-state index in [9.17, 15) is 0 Å². The molecule has 2 heteroatoms. The number of rotatable bonds is 2. The zero-order valence-corrected chi connectivity index (χ0v) is 11.0. The van der Waals surface area contributed by atoms with Gasteiger partial charge in [0.25, 0.3) is 0 Å². The minimum atomic E-state index is 0.806. The molecular weight excluding hydrogens is 224 g/mol. The summed E-state index contributed by atoms with van der Waals surface area (Å²) in [4.78, 5) is 0. The lowest BCUT2D eigenvalue weighted by molar-refractivity contribution is 0.356. The minimum Gasteiger partial charge on any atom is -0.493 e. The van der Waals surface area contributed by atoms with Crippen LogP contribution in [0, 0.1) is 0 Å². The van der Waals surface area contributed by atoms with Crippen LogP contribution in [0.5, 0.6) is 11.5 Å².